The van der Waals surface area contributed by atoms with E-state index in [1.807, 2.05) is 0 Å². The smallest absolute Gasteiger partial charge is 0.0595 e. The molecular weight excluding hydrogens is 196 g/mol. The Balaban J connectivity index is 2.04. The molecule has 0 aromatic heterocycles. The minimum atomic E-state index is 0.501. The normalized spacial score (nSPS) is 31.9. The summed E-state index contributed by atoms with van der Waals surface area (Å²) in [5.74, 6) is 0.583. The van der Waals surface area contributed by atoms with Crippen LogP contribution in [0.25, 0.3) is 0 Å². The third-order valence-electron chi connectivity index (χ3n) is 3.89. The number of fused-ring (bicyclic) bond motifs is 3. The van der Waals surface area contributed by atoms with E-state index in [1.165, 1.54) is 24.0 Å². The second kappa shape index (κ2) is 4.02. The fourth-order valence-corrected chi connectivity index (χ4v) is 3.09. The van der Waals surface area contributed by atoms with Crippen molar-refractivity contribution in [2.75, 3.05) is 6.54 Å². The molecule has 84 valence electrons. The van der Waals surface area contributed by atoms with Gasteiger partial charge < -0.3 is 5.32 Å². The first-order chi connectivity index (χ1) is 7.90. The average Bonchev–Trinajstić information content (AvgIpc) is 2.37. The maximum absolute atomic E-state index is 4.73. The standard InChI is InChI=1S/C14H18N2/c1-2-12-14-11-6-4-3-5-10(11)9-16-13(14)7-8-15-12/h3-6,9,12-15H,2,7-8H2,1H3. The van der Waals surface area contributed by atoms with E-state index in [0.29, 0.717) is 18.0 Å². The lowest BCUT2D eigenvalue weighted by molar-refractivity contribution is 0.305. The summed E-state index contributed by atoms with van der Waals surface area (Å²) in [5, 5.41) is 3.63. The molecule has 1 N–H and O–H groups in total. The zero-order valence-electron chi connectivity index (χ0n) is 9.69. The number of piperidine rings is 1. The molecule has 2 nitrogen and oxygen atoms in total. The number of hydrogen-bond acceptors (Lipinski definition) is 2. The number of nitrogens with one attached hydrogen (secondary N) is 1. The molecule has 2 heterocycles. The largest absolute Gasteiger partial charge is 0.313 e. The van der Waals surface area contributed by atoms with Crippen molar-refractivity contribution in [1.29, 1.82) is 0 Å². The van der Waals surface area contributed by atoms with Gasteiger partial charge in [0, 0.05) is 18.2 Å². The van der Waals surface area contributed by atoms with Crippen LogP contribution in [0.2, 0.25) is 0 Å². The summed E-state index contributed by atoms with van der Waals surface area (Å²) in [6.07, 6.45) is 4.42. The van der Waals surface area contributed by atoms with Crippen molar-refractivity contribution in [2.24, 2.45) is 4.99 Å². The molecule has 1 saturated heterocycles. The zero-order chi connectivity index (χ0) is 11.0. The minimum absolute atomic E-state index is 0.501. The quantitative estimate of drug-likeness (QED) is 0.762. The highest BCUT2D eigenvalue weighted by molar-refractivity contribution is 5.83. The van der Waals surface area contributed by atoms with E-state index in [2.05, 4.69) is 42.7 Å². The third-order valence-corrected chi connectivity index (χ3v) is 3.89. The molecule has 1 aromatic carbocycles. The summed E-state index contributed by atoms with van der Waals surface area (Å²) in [4.78, 5) is 4.73. The van der Waals surface area contributed by atoms with Gasteiger partial charge in [-0.25, -0.2) is 0 Å². The Morgan fingerprint density at radius 3 is 3.12 bits per heavy atom. The lowest BCUT2D eigenvalue weighted by Crippen LogP contribution is -2.47. The molecule has 2 heteroatoms. The van der Waals surface area contributed by atoms with Gasteiger partial charge in [0.2, 0.25) is 0 Å². The molecule has 0 spiro atoms. The van der Waals surface area contributed by atoms with Crippen molar-refractivity contribution in [1.82, 2.24) is 5.32 Å². The van der Waals surface area contributed by atoms with Gasteiger partial charge in [0.25, 0.3) is 0 Å². The number of hydrogen-bond donors (Lipinski definition) is 1. The van der Waals surface area contributed by atoms with Gasteiger partial charge in [0.1, 0.15) is 0 Å². The highest BCUT2D eigenvalue weighted by Gasteiger charge is 2.35. The first kappa shape index (κ1) is 10.0. The summed E-state index contributed by atoms with van der Waals surface area (Å²) < 4.78 is 0. The van der Waals surface area contributed by atoms with Gasteiger partial charge in [-0.05, 0) is 30.5 Å². The molecule has 3 rings (SSSR count). The van der Waals surface area contributed by atoms with Crippen molar-refractivity contribution in [3.8, 4) is 0 Å². The molecule has 0 radical (unpaired) electrons. The molecular formula is C14H18N2. The van der Waals surface area contributed by atoms with Crippen molar-refractivity contribution in [3.63, 3.8) is 0 Å². The number of aliphatic imine (C=N–C) groups is 1. The molecule has 0 amide bonds. The van der Waals surface area contributed by atoms with Crippen molar-refractivity contribution < 1.29 is 0 Å². The Labute approximate surface area is 96.8 Å². The Bertz CT molecular complexity index is 411. The molecule has 2 aliphatic heterocycles. The first-order valence-electron chi connectivity index (χ1n) is 6.25. The zero-order valence-corrected chi connectivity index (χ0v) is 9.69. The van der Waals surface area contributed by atoms with E-state index in [-0.39, 0.29) is 0 Å². The molecule has 0 aliphatic carbocycles. The molecule has 0 bridgehead atoms. The Morgan fingerprint density at radius 1 is 1.38 bits per heavy atom. The van der Waals surface area contributed by atoms with E-state index in [4.69, 9.17) is 4.99 Å². The average molecular weight is 214 g/mol. The van der Waals surface area contributed by atoms with Crippen LogP contribution >= 0.6 is 0 Å². The Hall–Kier alpha value is -1.15. The van der Waals surface area contributed by atoms with Crippen LogP contribution in [-0.2, 0) is 0 Å². The fourth-order valence-electron chi connectivity index (χ4n) is 3.09. The Kier molecular flexibility index (Phi) is 2.52. The van der Waals surface area contributed by atoms with Gasteiger partial charge in [-0.3, -0.25) is 4.99 Å². The monoisotopic (exact) mass is 214 g/mol. The Morgan fingerprint density at radius 2 is 2.25 bits per heavy atom. The van der Waals surface area contributed by atoms with Gasteiger partial charge in [0.15, 0.2) is 0 Å². The molecule has 2 aliphatic rings. The van der Waals surface area contributed by atoms with Gasteiger partial charge in [0.05, 0.1) is 6.04 Å². The van der Waals surface area contributed by atoms with E-state index >= 15 is 0 Å². The van der Waals surface area contributed by atoms with E-state index in [9.17, 15) is 0 Å². The number of benzene rings is 1. The minimum Gasteiger partial charge on any atom is -0.313 e. The summed E-state index contributed by atoms with van der Waals surface area (Å²) in [5.41, 5.74) is 2.80. The molecule has 3 unspecified atom stereocenters. The predicted octanol–water partition coefficient (Wildman–Crippen LogP) is 2.34. The summed E-state index contributed by atoms with van der Waals surface area (Å²) in [6, 6.07) is 9.79. The topological polar surface area (TPSA) is 24.4 Å². The fraction of sp³-hybridized carbons (Fsp3) is 0.500. The van der Waals surface area contributed by atoms with Gasteiger partial charge in [-0.1, -0.05) is 31.2 Å². The lowest BCUT2D eigenvalue weighted by atomic mass is 9.77. The highest BCUT2D eigenvalue weighted by Crippen LogP contribution is 2.35. The second-order valence-electron chi connectivity index (χ2n) is 4.76. The van der Waals surface area contributed by atoms with Gasteiger partial charge in [-0.2, -0.15) is 0 Å². The second-order valence-corrected chi connectivity index (χ2v) is 4.76. The van der Waals surface area contributed by atoms with Crippen molar-refractivity contribution >= 4 is 6.21 Å². The van der Waals surface area contributed by atoms with Crippen LogP contribution in [0.4, 0.5) is 0 Å². The first-order valence-corrected chi connectivity index (χ1v) is 6.25. The molecule has 0 saturated carbocycles. The SMILES string of the molecule is CCC1NCCC2N=Cc3ccccc3C21. The van der Waals surface area contributed by atoms with Crippen LogP contribution in [-0.4, -0.2) is 24.8 Å². The van der Waals surface area contributed by atoms with Gasteiger partial charge >= 0.3 is 0 Å². The predicted molar refractivity (Wildman–Crippen MR) is 67.3 cm³/mol. The number of rotatable bonds is 1. The summed E-state index contributed by atoms with van der Waals surface area (Å²) in [7, 11) is 0. The van der Waals surface area contributed by atoms with Gasteiger partial charge in [-0.15, -0.1) is 0 Å². The van der Waals surface area contributed by atoms with Crippen LogP contribution < -0.4 is 5.32 Å². The van der Waals surface area contributed by atoms with E-state index < -0.39 is 0 Å². The van der Waals surface area contributed by atoms with Crippen molar-refractivity contribution in [3.05, 3.63) is 35.4 Å². The number of nitrogens with zero attached hydrogens (tertiary/aromatic N) is 1. The van der Waals surface area contributed by atoms with Crippen molar-refractivity contribution in [2.45, 2.75) is 37.8 Å². The van der Waals surface area contributed by atoms with Crippen LogP contribution in [0.15, 0.2) is 29.3 Å². The molecule has 1 fully saturated rings. The molecule has 16 heavy (non-hydrogen) atoms. The highest BCUT2D eigenvalue weighted by atomic mass is 15.0. The molecule has 1 aromatic rings. The summed E-state index contributed by atoms with van der Waals surface area (Å²) in [6.45, 7) is 3.38. The van der Waals surface area contributed by atoms with E-state index in [1.54, 1.807) is 0 Å². The van der Waals surface area contributed by atoms with Crippen LogP contribution in [0.1, 0.15) is 36.8 Å². The lowest BCUT2D eigenvalue weighted by Gasteiger charge is -2.39. The molecule has 3 atom stereocenters. The van der Waals surface area contributed by atoms with Crippen LogP contribution in [0.3, 0.4) is 0 Å². The summed E-state index contributed by atoms with van der Waals surface area (Å²) >= 11 is 0. The maximum Gasteiger partial charge on any atom is 0.0595 e. The maximum atomic E-state index is 4.73. The van der Waals surface area contributed by atoms with Crippen LogP contribution in [0, 0.1) is 0 Å². The third kappa shape index (κ3) is 1.49. The van der Waals surface area contributed by atoms with Crippen LogP contribution in [0.5, 0.6) is 0 Å². The van der Waals surface area contributed by atoms with E-state index in [0.717, 1.165) is 6.54 Å².